The molecule has 2 aliphatic heterocycles. The van der Waals surface area contributed by atoms with Gasteiger partial charge >= 0.3 is 6.03 Å². The van der Waals surface area contributed by atoms with E-state index in [1.807, 2.05) is 11.8 Å². The second-order valence-electron chi connectivity index (χ2n) is 12.0. The number of nitrogens with one attached hydrogen (secondary N) is 1. The smallest absolute Gasteiger partial charge is 0.323 e. The fourth-order valence-corrected chi connectivity index (χ4v) is 8.27. The maximum absolute atomic E-state index is 13.7. The van der Waals surface area contributed by atoms with Crippen molar-refractivity contribution in [3.8, 4) is 0 Å². The Balaban J connectivity index is 1.43. The number of urea groups is 1. The number of fused-ring (bicyclic) bond motifs is 2. The van der Waals surface area contributed by atoms with E-state index in [1.54, 1.807) is 16.7 Å². The summed E-state index contributed by atoms with van der Waals surface area (Å²) in [6.45, 7) is 9.67. The average Bonchev–Trinajstić information content (AvgIpc) is 3.34. The molecule has 1 saturated carbocycles. The Hall–Kier alpha value is -2.28. The second-order valence-corrected chi connectivity index (χ2v) is 13.1. The van der Waals surface area contributed by atoms with Crippen molar-refractivity contribution in [1.29, 1.82) is 0 Å². The zero-order valence-corrected chi connectivity index (χ0v) is 24.0. The third-order valence-corrected chi connectivity index (χ3v) is 10.9. The largest absolute Gasteiger partial charge is 0.396 e. The molecule has 1 aromatic heterocycles. The Morgan fingerprint density at radius 1 is 1.08 bits per heavy atom. The molecule has 3 N–H and O–H groups in total. The van der Waals surface area contributed by atoms with E-state index in [0.29, 0.717) is 70.5 Å². The zero-order chi connectivity index (χ0) is 27.9. The zero-order valence-electron chi connectivity index (χ0n) is 23.1. The lowest BCUT2D eigenvalue weighted by atomic mass is 9.47. The van der Waals surface area contributed by atoms with E-state index in [-0.39, 0.29) is 48.1 Å². The molecular formula is C27H41N5O6S. The minimum Gasteiger partial charge on any atom is -0.396 e. The lowest BCUT2D eigenvalue weighted by Gasteiger charge is -2.58. The van der Waals surface area contributed by atoms with Gasteiger partial charge in [0.05, 0.1) is 31.6 Å². The first-order chi connectivity index (χ1) is 18.6. The summed E-state index contributed by atoms with van der Waals surface area (Å²) in [6, 6.07) is -0.209. The molecule has 5 rings (SSSR count). The molecule has 4 aliphatic rings. The van der Waals surface area contributed by atoms with Crippen molar-refractivity contribution in [2.75, 3.05) is 64.4 Å². The van der Waals surface area contributed by atoms with Crippen molar-refractivity contribution >= 4 is 34.3 Å². The van der Waals surface area contributed by atoms with Crippen molar-refractivity contribution in [2.45, 2.75) is 58.5 Å². The molecule has 12 heteroatoms. The lowest BCUT2D eigenvalue weighted by Crippen LogP contribution is -2.58. The first-order valence-corrected chi connectivity index (χ1v) is 14.8. The minimum absolute atomic E-state index is 0.0209. The maximum atomic E-state index is 13.7. The summed E-state index contributed by atoms with van der Waals surface area (Å²) in [7, 11) is 0. The molecule has 216 valence electrons. The molecule has 0 aromatic carbocycles. The van der Waals surface area contributed by atoms with Crippen LogP contribution in [-0.4, -0.2) is 113 Å². The molecule has 2 aliphatic carbocycles. The summed E-state index contributed by atoms with van der Waals surface area (Å²) in [5.41, 5.74) is -0.219. The van der Waals surface area contributed by atoms with Crippen molar-refractivity contribution < 1.29 is 29.3 Å². The van der Waals surface area contributed by atoms with Crippen molar-refractivity contribution in [2.24, 2.45) is 16.7 Å². The number of aliphatic hydroxyl groups is 2. The van der Waals surface area contributed by atoms with Gasteiger partial charge in [-0.2, -0.15) is 0 Å². The number of ether oxygens (including phenoxy) is 1. The number of aromatic nitrogens is 1. The van der Waals surface area contributed by atoms with Gasteiger partial charge in [-0.3, -0.25) is 14.9 Å². The van der Waals surface area contributed by atoms with E-state index in [9.17, 15) is 24.6 Å². The van der Waals surface area contributed by atoms with Gasteiger partial charge in [-0.1, -0.05) is 13.8 Å². The van der Waals surface area contributed by atoms with E-state index in [4.69, 9.17) is 9.72 Å². The number of hydrogen-bond acceptors (Lipinski definition) is 8. The van der Waals surface area contributed by atoms with Crippen molar-refractivity contribution in [1.82, 2.24) is 19.7 Å². The fraction of sp³-hybridized carbons (Fsp3) is 0.778. The Morgan fingerprint density at radius 2 is 1.74 bits per heavy atom. The molecule has 0 bridgehead atoms. The SMILES string of the molecule is CC(=O)N1CCN(C(=O)CC2c3nc(NC(=O)N4CCOCC4)sc3CC3C(C)(CO)C(O)CCC23C)CC1. The summed E-state index contributed by atoms with van der Waals surface area (Å²) >= 11 is 1.43. The number of amides is 4. The molecule has 0 spiro atoms. The van der Waals surface area contributed by atoms with Gasteiger partial charge in [0.15, 0.2) is 5.13 Å². The highest BCUT2D eigenvalue weighted by Gasteiger charge is 2.59. The monoisotopic (exact) mass is 563 g/mol. The van der Waals surface area contributed by atoms with Crippen LogP contribution < -0.4 is 5.32 Å². The Labute approximate surface area is 233 Å². The number of nitrogens with zero attached hydrogens (tertiary/aromatic N) is 4. The third-order valence-electron chi connectivity index (χ3n) is 9.86. The van der Waals surface area contributed by atoms with Gasteiger partial charge in [0, 0.05) is 68.8 Å². The van der Waals surface area contributed by atoms with E-state index >= 15 is 0 Å². The Kier molecular flexibility index (Phi) is 7.93. The average molecular weight is 564 g/mol. The number of piperazine rings is 1. The summed E-state index contributed by atoms with van der Waals surface area (Å²) in [6.07, 6.45) is 1.53. The lowest BCUT2D eigenvalue weighted by molar-refractivity contribution is -0.149. The molecule has 5 unspecified atom stereocenters. The summed E-state index contributed by atoms with van der Waals surface area (Å²) in [5, 5.41) is 24.9. The van der Waals surface area contributed by atoms with Gasteiger partial charge in [0.2, 0.25) is 11.8 Å². The third kappa shape index (κ3) is 5.16. The van der Waals surface area contributed by atoms with Gasteiger partial charge in [-0.25, -0.2) is 9.78 Å². The van der Waals surface area contributed by atoms with Crippen LogP contribution in [0.2, 0.25) is 0 Å². The quantitative estimate of drug-likeness (QED) is 0.505. The predicted molar refractivity (Wildman–Crippen MR) is 145 cm³/mol. The molecular weight excluding hydrogens is 522 g/mol. The van der Waals surface area contributed by atoms with Gasteiger partial charge < -0.3 is 29.6 Å². The Morgan fingerprint density at radius 3 is 2.38 bits per heavy atom. The molecule has 5 atom stereocenters. The van der Waals surface area contributed by atoms with Crippen LogP contribution >= 0.6 is 11.3 Å². The minimum atomic E-state index is -0.708. The van der Waals surface area contributed by atoms with Crippen molar-refractivity contribution in [3.63, 3.8) is 0 Å². The number of rotatable bonds is 4. The highest BCUT2D eigenvalue weighted by molar-refractivity contribution is 7.15. The van der Waals surface area contributed by atoms with E-state index < -0.39 is 11.5 Å². The highest BCUT2D eigenvalue weighted by atomic mass is 32.1. The van der Waals surface area contributed by atoms with Gasteiger partial charge in [-0.05, 0) is 30.6 Å². The maximum Gasteiger partial charge on any atom is 0.323 e. The molecule has 2 saturated heterocycles. The van der Waals surface area contributed by atoms with Gasteiger partial charge in [-0.15, -0.1) is 11.3 Å². The number of anilines is 1. The fourth-order valence-electron chi connectivity index (χ4n) is 7.21. The summed E-state index contributed by atoms with van der Waals surface area (Å²) in [4.78, 5) is 49.5. The van der Waals surface area contributed by atoms with Crippen molar-refractivity contribution in [3.05, 3.63) is 10.6 Å². The van der Waals surface area contributed by atoms with Gasteiger partial charge in [0.25, 0.3) is 0 Å². The van der Waals surface area contributed by atoms with Crippen LogP contribution in [0.4, 0.5) is 9.93 Å². The molecule has 1 aromatic rings. The van der Waals surface area contributed by atoms with Crippen LogP contribution in [0.3, 0.4) is 0 Å². The summed E-state index contributed by atoms with van der Waals surface area (Å²) < 4.78 is 5.36. The molecule has 4 amide bonds. The standard InChI is InChI=1S/C27H41N5O6S/c1-17(34)30-6-8-31(9-7-30)22(36)14-18-23-19(15-20-26(18,2)5-4-21(35)27(20,3)16-33)39-24(28-23)29-25(37)32-10-12-38-13-11-32/h18,20-21,33,35H,4-16H2,1-3H3,(H,28,29,37). The summed E-state index contributed by atoms with van der Waals surface area (Å²) in [5.74, 6) is -0.220. The van der Waals surface area contributed by atoms with Crippen LogP contribution in [0, 0.1) is 16.7 Å². The van der Waals surface area contributed by atoms with E-state index in [1.165, 1.54) is 11.3 Å². The highest BCUT2D eigenvalue weighted by Crippen LogP contribution is 2.63. The predicted octanol–water partition coefficient (Wildman–Crippen LogP) is 1.50. The van der Waals surface area contributed by atoms with Crippen LogP contribution in [0.25, 0.3) is 0 Å². The number of thiazole rings is 1. The van der Waals surface area contributed by atoms with E-state index in [0.717, 1.165) is 17.0 Å². The second kappa shape index (κ2) is 10.9. The normalized spacial score (nSPS) is 32.8. The van der Waals surface area contributed by atoms with Crippen LogP contribution in [0.15, 0.2) is 0 Å². The van der Waals surface area contributed by atoms with Crippen LogP contribution in [0.5, 0.6) is 0 Å². The molecule has 11 nitrogen and oxygen atoms in total. The first kappa shape index (κ1) is 28.3. The first-order valence-electron chi connectivity index (χ1n) is 14.0. The number of carbonyl (C=O) groups excluding carboxylic acids is 3. The number of hydrogen-bond donors (Lipinski definition) is 3. The molecule has 0 radical (unpaired) electrons. The number of carbonyl (C=O) groups is 3. The topological polar surface area (TPSA) is 136 Å². The van der Waals surface area contributed by atoms with Crippen LogP contribution in [0.1, 0.15) is 56.5 Å². The number of aliphatic hydroxyl groups excluding tert-OH is 2. The molecule has 3 heterocycles. The van der Waals surface area contributed by atoms with Crippen LogP contribution in [-0.2, 0) is 20.7 Å². The Bertz CT molecular complexity index is 1100. The number of morpholine rings is 1. The van der Waals surface area contributed by atoms with E-state index in [2.05, 4.69) is 12.2 Å². The molecule has 39 heavy (non-hydrogen) atoms. The van der Waals surface area contributed by atoms with Gasteiger partial charge in [0.1, 0.15) is 0 Å². The molecule has 3 fully saturated rings.